The fourth-order valence-corrected chi connectivity index (χ4v) is 1.45. The molecule has 0 fully saturated rings. The molecule has 0 aliphatic heterocycles. The third kappa shape index (κ3) is 3.94. The van der Waals surface area contributed by atoms with Gasteiger partial charge >= 0.3 is 6.09 Å². The van der Waals surface area contributed by atoms with Gasteiger partial charge in [-0.15, -0.1) is 0 Å². The van der Waals surface area contributed by atoms with Crippen LogP contribution in [0.25, 0.3) is 0 Å². The van der Waals surface area contributed by atoms with Crippen LogP contribution in [-0.4, -0.2) is 18.2 Å². The molecule has 0 saturated heterocycles. The van der Waals surface area contributed by atoms with Gasteiger partial charge in [0.1, 0.15) is 6.10 Å². The molecular formula is C9H16N2O2. The Morgan fingerprint density at radius 2 is 2.23 bits per heavy atom. The van der Waals surface area contributed by atoms with Crippen molar-refractivity contribution in [3.63, 3.8) is 0 Å². The second-order valence-corrected chi connectivity index (χ2v) is 3.33. The molecular weight excluding hydrogens is 168 g/mol. The van der Waals surface area contributed by atoms with Crippen molar-refractivity contribution in [3.8, 4) is 0 Å². The minimum atomic E-state index is -0.709. The minimum Gasteiger partial charge on any atom is -0.442 e. The van der Waals surface area contributed by atoms with Gasteiger partial charge in [-0.05, 0) is 31.8 Å². The zero-order valence-electron chi connectivity index (χ0n) is 7.61. The van der Waals surface area contributed by atoms with E-state index in [1.807, 2.05) is 12.2 Å². The van der Waals surface area contributed by atoms with E-state index in [9.17, 15) is 4.79 Å². The molecule has 1 rings (SSSR count). The average Bonchev–Trinajstić information content (AvgIpc) is 1.99. The van der Waals surface area contributed by atoms with Crippen LogP contribution in [0.4, 0.5) is 4.79 Å². The predicted molar refractivity (Wildman–Crippen MR) is 50.0 cm³/mol. The zero-order valence-corrected chi connectivity index (χ0v) is 7.61. The lowest BCUT2D eigenvalue weighted by Gasteiger charge is -2.17. The highest BCUT2D eigenvalue weighted by Crippen LogP contribution is 2.13. The summed E-state index contributed by atoms with van der Waals surface area (Å²) in [5.74, 6) is 0. The first kappa shape index (κ1) is 10.1. The molecule has 0 spiro atoms. The number of ether oxygens (including phenoxy) is 1. The molecule has 2 unspecified atom stereocenters. The summed E-state index contributed by atoms with van der Waals surface area (Å²) in [4.78, 5) is 10.5. The van der Waals surface area contributed by atoms with Crippen LogP contribution >= 0.6 is 0 Å². The molecule has 2 atom stereocenters. The van der Waals surface area contributed by atoms with Crippen LogP contribution in [0.5, 0.6) is 0 Å². The highest BCUT2D eigenvalue weighted by molar-refractivity contribution is 5.65. The highest BCUT2D eigenvalue weighted by atomic mass is 16.6. The Hall–Kier alpha value is -1.03. The van der Waals surface area contributed by atoms with E-state index in [2.05, 4.69) is 0 Å². The topological polar surface area (TPSA) is 78.3 Å². The lowest BCUT2D eigenvalue weighted by atomic mass is 10.0. The molecule has 0 heterocycles. The zero-order chi connectivity index (χ0) is 9.68. The number of rotatable bonds is 1. The number of amides is 1. The van der Waals surface area contributed by atoms with Crippen LogP contribution in [0, 0.1) is 0 Å². The van der Waals surface area contributed by atoms with Gasteiger partial charge in [-0.2, -0.15) is 0 Å². The Balaban J connectivity index is 2.42. The van der Waals surface area contributed by atoms with Crippen molar-refractivity contribution in [1.29, 1.82) is 0 Å². The monoisotopic (exact) mass is 184 g/mol. The average molecular weight is 184 g/mol. The molecule has 1 amide bonds. The lowest BCUT2D eigenvalue weighted by molar-refractivity contribution is 0.122. The normalized spacial score (nSPS) is 31.5. The van der Waals surface area contributed by atoms with Crippen molar-refractivity contribution in [2.24, 2.45) is 11.5 Å². The molecule has 74 valence electrons. The van der Waals surface area contributed by atoms with E-state index in [1.54, 1.807) is 0 Å². The molecule has 1 aliphatic rings. The van der Waals surface area contributed by atoms with E-state index in [0.717, 1.165) is 25.7 Å². The lowest BCUT2D eigenvalue weighted by Crippen LogP contribution is -2.25. The van der Waals surface area contributed by atoms with Crippen LogP contribution in [0.15, 0.2) is 12.2 Å². The minimum absolute atomic E-state index is 0.162. The number of hydrogen-bond acceptors (Lipinski definition) is 3. The second-order valence-electron chi connectivity index (χ2n) is 3.33. The van der Waals surface area contributed by atoms with Crippen molar-refractivity contribution in [2.45, 2.75) is 37.8 Å². The largest absolute Gasteiger partial charge is 0.442 e. The number of carbonyl (C=O) groups is 1. The molecule has 0 aromatic carbocycles. The Labute approximate surface area is 77.9 Å². The van der Waals surface area contributed by atoms with E-state index in [4.69, 9.17) is 16.2 Å². The second kappa shape index (κ2) is 4.87. The molecule has 4 nitrogen and oxygen atoms in total. The first-order valence-electron chi connectivity index (χ1n) is 4.57. The van der Waals surface area contributed by atoms with Crippen LogP contribution < -0.4 is 11.5 Å². The maximum atomic E-state index is 10.5. The highest BCUT2D eigenvalue weighted by Gasteiger charge is 2.12. The van der Waals surface area contributed by atoms with Crippen LogP contribution in [0.1, 0.15) is 25.7 Å². The van der Waals surface area contributed by atoms with Crippen LogP contribution in [0.3, 0.4) is 0 Å². The third-order valence-electron chi connectivity index (χ3n) is 2.12. The summed E-state index contributed by atoms with van der Waals surface area (Å²) in [6.45, 7) is 0. The first-order chi connectivity index (χ1) is 6.18. The smallest absolute Gasteiger partial charge is 0.405 e. The fourth-order valence-electron chi connectivity index (χ4n) is 1.45. The SMILES string of the molecule is NC(=O)OC1/C=C/CC(N)CCC1. The molecule has 4 heteroatoms. The summed E-state index contributed by atoms with van der Waals surface area (Å²) in [5, 5.41) is 0. The van der Waals surface area contributed by atoms with Gasteiger partial charge in [0.05, 0.1) is 0 Å². The standard InChI is InChI=1S/C9H16N2O2/c10-7-3-1-5-8(6-2-4-7)13-9(11)12/h1,5,7-8H,2-4,6,10H2,(H2,11,12)/b5-1+. The van der Waals surface area contributed by atoms with E-state index >= 15 is 0 Å². The summed E-state index contributed by atoms with van der Waals surface area (Å²) >= 11 is 0. The van der Waals surface area contributed by atoms with Gasteiger partial charge in [0.15, 0.2) is 0 Å². The van der Waals surface area contributed by atoms with Gasteiger partial charge in [-0.3, -0.25) is 0 Å². The van der Waals surface area contributed by atoms with Gasteiger partial charge in [-0.1, -0.05) is 6.08 Å². The number of nitrogens with two attached hydrogens (primary N) is 2. The Bertz CT molecular complexity index is 204. The summed E-state index contributed by atoms with van der Waals surface area (Å²) in [6.07, 6.45) is 6.56. The maximum Gasteiger partial charge on any atom is 0.405 e. The Kier molecular flexibility index (Phi) is 3.76. The summed E-state index contributed by atoms with van der Waals surface area (Å²) < 4.78 is 4.87. The molecule has 0 bridgehead atoms. The van der Waals surface area contributed by atoms with E-state index in [0.29, 0.717) is 0 Å². The summed E-state index contributed by atoms with van der Waals surface area (Å²) in [6, 6.07) is 0.241. The van der Waals surface area contributed by atoms with Gasteiger partial charge in [0, 0.05) is 6.04 Å². The Morgan fingerprint density at radius 3 is 2.92 bits per heavy atom. The van der Waals surface area contributed by atoms with E-state index in [1.165, 1.54) is 0 Å². The molecule has 0 aromatic rings. The van der Waals surface area contributed by atoms with Crippen molar-refractivity contribution in [2.75, 3.05) is 0 Å². The molecule has 13 heavy (non-hydrogen) atoms. The van der Waals surface area contributed by atoms with Gasteiger partial charge in [-0.25, -0.2) is 4.79 Å². The fraction of sp³-hybridized carbons (Fsp3) is 0.667. The summed E-state index contributed by atoms with van der Waals surface area (Å²) in [7, 11) is 0. The van der Waals surface area contributed by atoms with Gasteiger partial charge in [0.25, 0.3) is 0 Å². The van der Waals surface area contributed by atoms with E-state index < -0.39 is 6.09 Å². The number of carbonyl (C=O) groups excluding carboxylic acids is 1. The molecule has 0 radical (unpaired) electrons. The van der Waals surface area contributed by atoms with Crippen molar-refractivity contribution >= 4 is 6.09 Å². The first-order valence-corrected chi connectivity index (χ1v) is 4.57. The number of hydrogen-bond donors (Lipinski definition) is 2. The number of primary amides is 1. The molecule has 4 N–H and O–H groups in total. The molecule has 0 aromatic heterocycles. The van der Waals surface area contributed by atoms with E-state index in [-0.39, 0.29) is 12.1 Å². The third-order valence-corrected chi connectivity index (χ3v) is 2.12. The quantitative estimate of drug-likeness (QED) is 0.594. The van der Waals surface area contributed by atoms with Crippen molar-refractivity contribution < 1.29 is 9.53 Å². The van der Waals surface area contributed by atoms with Gasteiger partial charge < -0.3 is 16.2 Å². The summed E-state index contributed by atoms with van der Waals surface area (Å²) in [5.41, 5.74) is 10.7. The Morgan fingerprint density at radius 1 is 1.46 bits per heavy atom. The van der Waals surface area contributed by atoms with Crippen molar-refractivity contribution in [3.05, 3.63) is 12.2 Å². The van der Waals surface area contributed by atoms with Gasteiger partial charge in [0.2, 0.25) is 0 Å². The van der Waals surface area contributed by atoms with Crippen LogP contribution in [0.2, 0.25) is 0 Å². The van der Waals surface area contributed by atoms with Crippen LogP contribution in [-0.2, 0) is 4.74 Å². The van der Waals surface area contributed by atoms with Crippen molar-refractivity contribution in [1.82, 2.24) is 0 Å². The molecule has 1 aliphatic carbocycles. The molecule has 0 saturated carbocycles. The maximum absolute atomic E-state index is 10.5. The predicted octanol–water partition coefficient (Wildman–Crippen LogP) is 0.908.